The van der Waals surface area contributed by atoms with Gasteiger partial charge in [0.2, 0.25) is 0 Å². The first-order chi connectivity index (χ1) is 5.29. The summed E-state index contributed by atoms with van der Waals surface area (Å²) < 4.78 is 0. The third kappa shape index (κ3) is 0.931. The molecule has 1 heterocycles. The lowest BCUT2D eigenvalue weighted by Crippen LogP contribution is -2.21. The molecule has 11 heavy (non-hydrogen) atoms. The average Bonchev–Trinajstić information content (AvgIpc) is 2.30. The monoisotopic (exact) mass is 150 g/mol. The number of pyridine rings is 1. The molecule has 0 amide bonds. The second-order valence-corrected chi connectivity index (χ2v) is 2.85. The van der Waals surface area contributed by atoms with Gasteiger partial charge in [-0.1, -0.05) is 6.07 Å². The quantitative estimate of drug-likeness (QED) is 0.547. The van der Waals surface area contributed by atoms with Crippen molar-refractivity contribution >= 4 is 0 Å². The fraction of sp³-hybridized carbons (Fsp3) is 0.375. The van der Waals surface area contributed by atoms with Crippen molar-refractivity contribution in [2.75, 3.05) is 0 Å². The van der Waals surface area contributed by atoms with E-state index in [0.29, 0.717) is 6.42 Å². The highest BCUT2D eigenvalue weighted by molar-refractivity contribution is 5.29. The number of aliphatic hydroxyl groups is 1. The molecule has 1 aliphatic rings. The van der Waals surface area contributed by atoms with Gasteiger partial charge in [0.15, 0.2) is 0 Å². The summed E-state index contributed by atoms with van der Waals surface area (Å²) in [4.78, 5) is 4.11. The Morgan fingerprint density at radius 2 is 2.45 bits per heavy atom. The van der Waals surface area contributed by atoms with E-state index in [9.17, 15) is 5.11 Å². The van der Waals surface area contributed by atoms with Crippen LogP contribution in [0.25, 0.3) is 0 Å². The minimum Gasteiger partial charge on any atom is -0.391 e. The van der Waals surface area contributed by atoms with E-state index in [2.05, 4.69) is 4.98 Å². The summed E-state index contributed by atoms with van der Waals surface area (Å²) in [5.41, 5.74) is 7.60. The van der Waals surface area contributed by atoms with Crippen molar-refractivity contribution in [1.29, 1.82) is 0 Å². The summed E-state index contributed by atoms with van der Waals surface area (Å²) >= 11 is 0. The second kappa shape index (κ2) is 2.29. The summed E-state index contributed by atoms with van der Waals surface area (Å²) in [7, 11) is 0. The van der Waals surface area contributed by atoms with Crippen LogP contribution in [0, 0.1) is 0 Å². The van der Waals surface area contributed by atoms with Gasteiger partial charge in [0.25, 0.3) is 0 Å². The van der Waals surface area contributed by atoms with Gasteiger partial charge in [-0.25, -0.2) is 0 Å². The predicted octanol–water partition coefficient (Wildman–Crippen LogP) is -0.00160. The lowest BCUT2D eigenvalue weighted by atomic mass is 10.2. The van der Waals surface area contributed by atoms with Crippen LogP contribution in [-0.2, 0) is 6.42 Å². The van der Waals surface area contributed by atoms with E-state index in [1.165, 1.54) is 0 Å². The molecule has 0 bridgehead atoms. The topological polar surface area (TPSA) is 59.1 Å². The Labute approximate surface area is 64.9 Å². The molecule has 0 aliphatic heterocycles. The molecule has 58 valence electrons. The van der Waals surface area contributed by atoms with Crippen LogP contribution in [0.2, 0.25) is 0 Å². The molecule has 3 heteroatoms. The van der Waals surface area contributed by atoms with Crippen LogP contribution < -0.4 is 5.73 Å². The highest BCUT2D eigenvalue weighted by Gasteiger charge is 2.28. The number of rotatable bonds is 0. The largest absolute Gasteiger partial charge is 0.391 e. The molecular formula is C8H10N2O. The zero-order chi connectivity index (χ0) is 7.84. The van der Waals surface area contributed by atoms with E-state index in [1.54, 1.807) is 6.20 Å². The summed E-state index contributed by atoms with van der Waals surface area (Å²) in [6.07, 6.45) is 1.90. The molecule has 0 spiro atoms. The molecular weight excluding hydrogens is 140 g/mol. The van der Waals surface area contributed by atoms with E-state index in [4.69, 9.17) is 5.73 Å². The van der Waals surface area contributed by atoms with E-state index in [0.717, 1.165) is 11.3 Å². The van der Waals surface area contributed by atoms with Crippen LogP contribution in [0.4, 0.5) is 0 Å². The van der Waals surface area contributed by atoms with Crippen LogP contribution in [0.15, 0.2) is 18.3 Å². The molecule has 2 unspecified atom stereocenters. The summed E-state index contributed by atoms with van der Waals surface area (Å²) in [6.45, 7) is 0. The second-order valence-electron chi connectivity index (χ2n) is 2.85. The molecule has 0 saturated carbocycles. The van der Waals surface area contributed by atoms with Crippen LogP contribution in [0.5, 0.6) is 0 Å². The van der Waals surface area contributed by atoms with E-state index in [1.807, 2.05) is 12.1 Å². The van der Waals surface area contributed by atoms with E-state index >= 15 is 0 Å². The van der Waals surface area contributed by atoms with Gasteiger partial charge in [0.05, 0.1) is 17.8 Å². The minimum atomic E-state index is -0.445. The molecule has 0 fully saturated rings. The lowest BCUT2D eigenvalue weighted by molar-refractivity contribution is 0.157. The number of hydrogen-bond donors (Lipinski definition) is 2. The Morgan fingerprint density at radius 1 is 1.64 bits per heavy atom. The van der Waals surface area contributed by atoms with Gasteiger partial charge in [-0.15, -0.1) is 0 Å². The van der Waals surface area contributed by atoms with Crippen LogP contribution >= 0.6 is 0 Å². The standard InChI is InChI=1S/C8H10N2O/c9-7-6(11)4-5-2-1-3-10-8(5)7/h1-3,6-7,11H,4,9H2. The number of nitrogens with zero attached hydrogens (tertiary/aromatic N) is 1. The summed E-state index contributed by atoms with van der Waals surface area (Å²) in [5.74, 6) is 0. The average molecular weight is 150 g/mol. The van der Waals surface area contributed by atoms with Crippen LogP contribution in [-0.4, -0.2) is 16.2 Å². The zero-order valence-corrected chi connectivity index (χ0v) is 6.07. The number of nitrogens with two attached hydrogens (primary N) is 1. The molecule has 2 atom stereocenters. The Kier molecular flexibility index (Phi) is 1.41. The molecule has 3 nitrogen and oxygen atoms in total. The summed E-state index contributed by atoms with van der Waals surface area (Å²) in [5, 5.41) is 9.35. The normalized spacial score (nSPS) is 28.5. The van der Waals surface area contributed by atoms with Crippen molar-refractivity contribution in [3.63, 3.8) is 0 Å². The van der Waals surface area contributed by atoms with Crippen molar-refractivity contribution < 1.29 is 5.11 Å². The van der Waals surface area contributed by atoms with E-state index < -0.39 is 6.10 Å². The van der Waals surface area contributed by atoms with Gasteiger partial charge in [-0.2, -0.15) is 0 Å². The fourth-order valence-electron chi connectivity index (χ4n) is 1.46. The van der Waals surface area contributed by atoms with Crippen molar-refractivity contribution in [3.8, 4) is 0 Å². The third-order valence-corrected chi connectivity index (χ3v) is 2.09. The molecule has 0 aromatic carbocycles. The lowest BCUT2D eigenvalue weighted by Gasteiger charge is -2.06. The van der Waals surface area contributed by atoms with Crippen molar-refractivity contribution in [3.05, 3.63) is 29.6 Å². The molecule has 2 rings (SSSR count). The van der Waals surface area contributed by atoms with Gasteiger partial charge in [0, 0.05) is 12.6 Å². The van der Waals surface area contributed by atoms with Gasteiger partial charge in [0.1, 0.15) is 0 Å². The molecule has 3 N–H and O–H groups in total. The first-order valence-corrected chi connectivity index (χ1v) is 3.66. The smallest absolute Gasteiger partial charge is 0.0789 e. The molecule has 0 radical (unpaired) electrons. The van der Waals surface area contributed by atoms with Gasteiger partial charge < -0.3 is 10.8 Å². The third-order valence-electron chi connectivity index (χ3n) is 2.09. The van der Waals surface area contributed by atoms with Crippen molar-refractivity contribution in [2.45, 2.75) is 18.6 Å². The number of fused-ring (bicyclic) bond motifs is 1. The highest BCUT2D eigenvalue weighted by Crippen LogP contribution is 2.26. The highest BCUT2D eigenvalue weighted by atomic mass is 16.3. The Hall–Kier alpha value is -0.930. The first-order valence-electron chi connectivity index (χ1n) is 3.66. The zero-order valence-electron chi connectivity index (χ0n) is 6.07. The molecule has 1 aromatic rings. The van der Waals surface area contributed by atoms with Crippen LogP contribution in [0.3, 0.4) is 0 Å². The molecule has 1 aliphatic carbocycles. The fourth-order valence-corrected chi connectivity index (χ4v) is 1.46. The van der Waals surface area contributed by atoms with Crippen molar-refractivity contribution in [1.82, 2.24) is 4.98 Å². The maximum Gasteiger partial charge on any atom is 0.0789 e. The summed E-state index contributed by atoms with van der Waals surface area (Å²) in [6, 6.07) is 3.54. The number of aromatic nitrogens is 1. The Morgan fingerprint density at radius 3 is 3.18 bits per heavy atom. The minimum absolute atomic E-state index is 0.286. The maximum atomic E-state index is 9.35. The van der Waals surface area contributed by atoms with Gasteiger partial charge in [-0.05, 0) is 11.6 Å². The predicted molar refractivity (Wildman–Crippen MR) is 40.9 cm³/mol. The first kappa shape index (κ1) is 6.76. The molecule has 1 aromatic heterocycles. The van der Waals surface area contributed by atoms with Gasteiger partial charge >= 0.3 is 0 Å². The van der Waals surface area contributed by atoms with Crippen LogP contribution in [0.1, 0.15) is 17.3 Å². The Bertz CT molecular complexity index is 275. The maximum absolute atomic E-state index is 9.35. The van der Waals surface area contributed by atoms with E-state index in [-0.39, 0.29) is 6.04 Å². The van der Waals surface area contributed by atoms with Gasteiger partial charge in [-0.3, -0.25) is 4.98 Å². The number of aliphatic hydroxyl groups excluding tert-OH is 1. The molecule has 0 saturated heterocycles. The van der Waals surface area contributed by atoms with Crippen molar-refractivity contribution in [2.24, 2.45) is 5.73 Å². The SMILES string of the molecule is NC1c2ncccc2CC1O. The Balaban J connectivity index is 2.47. The number of hydrogen-bond acceptors (Lipinski definition) is 3.